The van der Waals surface area contributed by atoms with Crippen LogP contribution in [-0.2, 0) is 14.3 Å². The van der Waals surface area contributed by atoms with Crippen LogP contribution in [0.3, 0.4) is 0 Å². The monoisotopic (exact) mass is 507 g/mol. The van der Waals surface area contributed by atoms with Crippen LogP contribution in [0.15, 0.2) is 24.3 Å². The van der Waals surface area contributed by atoms with Crippen LogP contribution >= 0.6 is 11.8 Å². The number of aryl methyl sites for hydroxylation is 1. The van der Waals surface area contributed by atoms with Gasteiger partial charge >= 0.3 is 6.09 Å². The highest BCUT2D eigenvalue weighted by Crippen LogP contribution is 2.26. The number of nitrogens with one attached hydrogen (secondary N) is 2. The Balaban J connectivity index is 3.32. The number of hydrogen-bond acceptors (Lipinski definition) is 5. The highest BCUT2D eigenvalue weighted by Gasteiger charge is 2.37. The van der Waals surface area contributed by atoms with Gasteiger partial charge in [0.05, 0.1) is 0 Å². The first-order valence-corrected chi connectivity index (χ1v) is 14.0. The van der Waals surface area contributed by atoms with E-state index in [1.807, 2.05) is 51.3 Å². The van der Waals surface area contributed by atoms with E-state index in [2.05, 4.69) is 17.6 Å². The van der Waals surface area contributed by atoms with Gasteiger partial charge in [-0.3, -0.25) is 9.59 Å². The smallest absolute Gasteiger partial charge is 0.408 e. The molecule has 0 spiro atoms. The van der Waals surface area contributed by atoms with Crippen LogP contribution in [0.4, 0.5) is 4.79 Å². The van der Waals surface area contributed by atoms with E-state index in [-0.39, 0.29) is 17.9 Å². The number of carbonyl (C=O) groups excluding carboxylic acids is 3. The summed E-state index contributed by atoms with van der Waals surface area (Å²) in [7, 11) is 0. The van der Waals surface area contributed by atoms with Gasteiger partial charge in [0.1, 0.15) is 17.7 Å². The molecule has 0 saturated heterocycles. The van der Waals surface area contributed by atoms with Crippen molar-refractivity contribution < 1.29 is 19.1 Å². The molecule has 0 saturated carbocycles. The van der Waals surface area contributed by atoms with E-state index in [0.717, 1.165) is 30.4 Å². The number of ether oxygens (including phenoxy) is 1. The highest BCUT2D eigenvalue weighted by molar-refractivity contribution is 7.98. The van der Waals surface area contributed by atoms with Crippen LogP contribution in [0, 0.1) is 6.92 Å². The standard InChI is InChI=1S/C27H45N3O4S/c1-9-10-11-17-28-24(31)23(21-14-12-20(4)13-15-21)30(19(2)3)25(32)22(16-18-35-8)29-26(33)34-27(5,6)7/h12-15,19,22-23H,9-11,16-18H2,1-8H3,(H,28,31)(H,29,33). The fourth-order valence-electron chi connectivity index (χ4n) is 3.67. The average molecular weight is 508 g/mol. The van der Waals surface area contributed by atoms with Gasteiger partial charge in [0, 0.05) is 12.6 Å². The topological polar surface area (TPSA) is 87.7 Å². The Morgan fingerprint density at radius 2 is 1.71 bits per heavy atom. The maximum Gasteiger partial charge on any atom is 0.408 e. The molecular weight excluding hydrogens is 462 g/mol. The van der Waals surface area contributed by atoms with Crippen LogP contribution in [0.25, 0.3) is 0 Å². The van der Waals surface area contributed by atoms with Crippen molar-refractivity contribution in [1.29, 1.82) is 0 Å². The van der Waals surface area contributed by atoms with Crippen molar-refractivity contribution in [2.24, 2.45) is 0 Å². The molecule has 0 aliphatic heterocycles. The number of hydrogen-bond donors (Lipinski definition) is 2. The number of carbonyl (C=O) groups is 3. The molecule has 0 aromatic heterocycles. The molecule has 2 unspecified atom stereocenters. The number of alkyl carbamates (subject to hydrolysis) is 1. The maximum atomic E-state index is 13.9. The lowest BCUT2D eigenvalue weighted by Gasteiger charge is -2.37. The predicted molar refractivity (Wildman–Crippen MR) is 145 cm³/mol. The molecule has 0 aliphatic rings. The van der Waals surface area contributed by atoms with Crippen molar-refractivity contribution in [1.82, 2.24) is 15.5 Å². The van der Waals surface area contributed by atoms with Gasteiger partial charge in [-0.2, -0.15) is 11.8 Å². The SMILES string of the molecule is CCCCCNC(=O)C(c1ccc(C)cc1)N(C(=O)C(CCSC)NC(=O)OC(C)(C)C)C(C)C. The summed E-state index contributed by atoms with van der Waals surface area (Å²) in [5.41, 5.74) is 1.13. The largest absolute Gasteiger partial charge is 0.444 e. The molecule has 8 heteroatoms. The average Bonchev–Trinajstić information content (AvgIpc) is 2.76. The van der Waals surface area contributed by atoms with E-state index in [0.29, 0.717) is 18.7 Å². The summed E-state index contributed by atoms with van der Waals surface area (Å²) in [5.74, 6) is 0.165. The molecule has 2 N–H and O–H groups in total. The summed E-state index contributed by atoms with van der Waals surface area (Å²) < 4.78 is 5.41. The fraction of sp³-hybridized carbons (Fsp3) is 0.667. The van der Waals surface area contributed by atoms with Gasteiger partial charge in [0.15, 0.2) is 0 Å². The summed E-state index contributed by atoms with van der Waals surface area (Å²) in [4.78, 5) is 41.5. The molecular formula is C27H45N3O4S. The Morgan fingerprint density at radius 1 is 1.09 bits per heavy atom. The molecule has 3 amide bonds. The van der Waals surface area contributed by atoms with E-state index in [4.69, 9.17) is 4.74 Å². The van der Waals surface area contributed by atoms with Crippen LogP contribution < -0.4 is 10.6 Å². The van der Waals surface area contributed by atoms with Crippen molar-refractivity contribution in [2.45, 2.75) is 97.9 Å². The first kappa shape index (κ1) is 30.8. The summed E-state index contributed by atoms with van der Waals surface area (Å²) in [6.45, 7) is 13.8. The minimum atomic E-state index is -0.805. The Kier molecular flexibility index (Phi) is 13.2. The predicted octanol–water partition coefficient (Wildman–Crippen LogP) is 5.23. The fourth-order valence-corrected chi connectivity index (χ4v) is 4.14. The molecule has 1 aromatic rings. The maximum absolute atomic E-state index is 13.9. The summed E-state index contributed by atoms with van der Waals surface area (Å²) in [6.07, 6.45) is 4.71. The van der Waals surface area contributed by atoms with Crippen molar-refractivity contribution in [3.05, 3.63) is 35.4 Å². The number of thioether (sulfide) groups is 1. The molecule has 2 atom stereocenters. The van der Waals surface area contributed by atoms with Gasteiger partial charge in [-0.15, -0.1) is 0 Å². The molecule has 1 aromatic carbocycles. The Hall–Kier alpha value is -2.22. The minimum Gasteiger partial charge on any atom is -0.444 e. The van der Waals surface area contributed by atoms with E-state index in [9.17, 15) is 14.4 Å². The lowest BCUT2D eigenvalue weighted by atomic mass is 9.99. The molecule has 1 rings (SSSR count). The quantitative estimate of drug-likeness (QED) is 0.357. The van der Waals surface area contributed by atoms with Crippen LogP contribution in [0.1, 0.15) is 84.4 Å². The van der Waals surface area contributed by atoms with Crippen molar-refractivity contribution in [3.8, 4) is 0 Å². The molecule has 0 heterocycles. The minimum absolute atomic E-state index is 0.215. The lowest BCUT2D eigenvalue weighted by molar-refractivity contribution is -0.144. The second-order valence-corrected chi connectivity index (χ2v) is 11.1. The number of unbranched alkanes of at least 4 members (excludes halogenated alkanes) is 2. The zero-order valence-electron chi connectivity index (χ0n) is 22.8. The number of nitrogens with zero attached hydrogens (tertiary/aromatic N) is 1. The van der Waals surface area contributed by atoms with Crippen molar-refractivity contribution in [3.63, 3.8) is 0 Å². The molecule has 0 fully saturated rings. The molecule has 0 aliphatic carbocycles. The zero-order valence-corrected chi connectivity index (χ0v) is 23.6. The van der Waals surface area contributed by atoms with Crippen LogP contribution in [0.2, 0.25) is 0 Å². The molecule has 0 radical (unpaired) electrons. The van der Waals surface area contributed by atoms with Gasteiger partial charge in [0.2, 0.25) is 11.8 Å². The van der Waals surface area contributed by atoms with Gasteiger partial charge < -0.3 is 20.3 Å². The van der Waals surface area contributed by atoms with E-state index >= 15 is 0 Å². The summed E-state index contributed by atoms with van der Waals surface area (Å²) >= 11 is 1.59. The third-order valence-electron chi connectivity index (χ3n) is 5.41. The Labute approximate surface area is 216 Å². The second kappa shape index (κ2) is 15.0. The number of benzene rings is 1. The second-order valence-electron chi connectivity index (χ2n) is 10.1. The number of rotatable bonds is 13. The molecule has 35 heavy (non-hydrogen) atoms. The van der Waals surface area contributed by atoms with Crippen LogP contribution in [-0.4, -0.2) is 59.0 Å². The molecule has 198 valence electrons. The van der Waals surface area contributed by atoms with E-state index < -0.39 is 23.8 Å². The molecule has 7 nitrogen and oxygen atoms in total. The zero-order chi connectivity index (χ0) is 26.6. The van der Waals surface area contributed by atoms with Crippen molar-refractivity contribution in [2.75, 3.05) is 18.6 Å². The van der Waals surface area contributed by atoms with Gasteiger partial charge in [-0.1, -0.05) is 49.6 Å². The lowest BCUT2D eigenvalue weighted by Crippen LogP contribution is -2.55. The first-order chi connectivity index (χ1) is 16.4. The Morgan fingerprint density at radius 3 is 2.23 bits per heavy atom. The van der Waals surface area contributed by atoms with Gasteiger partial charge in [-0.25, -0.2) is 4.79 Å². The molecule has 0 bridgehead atoms. The third-order valence-corrected chi connectivity index (χ3v) is 6.05. The first-order valence-electron chi connectivity index (χ1n) is 12.6. The number of amides is 3. The van der Waals surface area contributed by atoms with Crippen molar-refractivity contribution >= 4 is 29.7 Å². The third kappa shape index (κ3) is 10.9. The Bertz CT molecular complexity index is 806. The van der Waals surface area contributed by atoms with E-state index in [1.165, 1.54) is 0 Å². The summed E-state index contributed by atoms with van der Waals surface area (Å²) in [6, 6.07) is 5.80. The normalized spacial score (nSPS) is 13.2. The highest BCUT2D eigenvalue weighted by atomic mass is 32.2. The van der Waals surface area contributed by atoms with E-state index in [1.54, 1.807) is 37.4 Å². The van der Waals surface area contributed by atoms with Crippen LogP contribution in [0.5, 0.6) is 0 Å². The van der Waals surface area contributed by atoms with Gasteiger partial charge in [-0.05, 0) is 72.0 Å². The summed E-state index contributed by atoms with van der Waals surface area (Å²) in [5, 5.41) is 5.79. The van der Waals surface area contributed by atoms with Gasteiger partial charge in [0.25, 0.3) is 0 Å².